The van der Waals surface area contributed by atoms with Crippen molar-refractivity contribution in [3.05, 3.63) is 35.4 Å². The number of benzene rings is 1. The fourth-order valence-corrected chi connectivity index (χ4v) is 7.20. The van der Waals surface area contributed by atoms with Gasteiger partial charge in [-0.15, -0.1) is 0 Å². The van der Waals surface area contributed by atoms with E-state index in [2.05, 4.69) is 10.6 Å². The molecule has 5 rings (SSSR count). The quantitative estimate of drug-likeness (QED) is 0.642. The highest BCUT2D eigenvalue weighted by atomic mass is 32.2. The predicted octanol–water partition coefficient (Wildman–Crippen LogP) is 2.86. The van der Waals surface area contributed by atoms with Gasteiger partial charge in [0.2, 0.25) is 5.91 Å². The normalized spacial score (nSPS) is 30.1. The number of sulfone groups is 1. The van der Waals surface area contributed by atoms with Gasteiger partial charge in [0.25, 0.3) is 5.91 Å². The first-order valence-corrected chi connectivity index (χ1v) is 13.5. The number of nitrogens with one attached hydrogen (secondary N) is 2. The monoisotopic (exact) mass is 446 g/mol. The Labute approximate surface area is 185 Å². The maximum absolute atomic E-state index is 13.1. The van der Waals surface area contributed by atoms with Gasteiger partial charge in [-0.2, -0.15) is 0 Å². The van der Waals surface area contributed by atoms with Crippen molar-refractivity contribution in [2.75, 3.05) is 18.6 Å². The summed E-state index contributed by atoms with van der Waals surface area (Å²) in [5.41, 5.74) is 1.61. The van der Waals surface area contributed by atoms with Gasteiger partial charge in [0.15, 0.2) is 0 Å². The van der Waals surface area contributed by atoms with Crippen LogP contribution < -0.4 is 10.6 Å². The van der Waals surface area contributed by atoms with Gasteiger partial charge in [0.1, 0.15) is 15.9 Å². The minimum Gasteiger partial charge on any atom is -0.354 e. The third-order valence-electron chi connectivity index (χ3n) is 7.48. The topological polar surface area (TPSA) is 92.3 Å². The Hall–Kier alpha value is -1.89. The third-order valence-corrected chi connectivity index (χ3v) is 8.46. The summed E-state index contributed by atoms with van der Waals surface area (Å²) in [5.74, 6) is 1.62. The first-order chi connectivity index (χ1) is 14.6. The summed E-state index contributed by atoms with van der Waals surface area (Å²) in [6.45, 7) is 2.53. The smallest absolute Gasteiger partial charge is 0.251 e. The summed E-state index contributed by atoms with van der Waals surface area (Å²) >= 11 is 0. The van der Waals surface area contributed by atoms with Crippen LogP contribution in [0.4, 0.5) is 0 Å². The molecule has 0 aromatic heterocycles. The molecule has 2 N–H and O–H groups in total. The average molecular weight is 447 g/mol. The van der Waals surface area contributed by atoms with Gasteiger partial charge in [-0.05, 0) is 87.2 Å². The molecule has 0 saturated heterocycles. The van der Waals surface area contributed by atoms with Crippen molar-refractivity contribution in [3.63, 3.8) is 0 Å². The highest BCUT2D eigenvalue weighted by Gasteiger charge is 2.50. The van der Waals surface area contributed by atoms with Gasteiger partial charge in [0.05, 0.1) is 5.75 Å². The van der Waals surface area contributed by atoms with E-state index in [-0.39, 0.29) is 29.4 Å². The third kappa shape index (κ3) is 5.48. The Morgan fingerprint density at radius 3 is 2.26 bits per heavy atom. The lowest BCUT2D eigenvalue weighted by atomic mass is 9.49. The molecule has 4 saturated carbocycles. The minimum absolute atomic E-state index is 0.0725. The molecule has 6 nitrogen and oxygen atoms in total. The molecule has 1 atom stereocenters. The van der Waals surface area contributed by atoms with Crippen LogP contribution in [0, 0.1) is 30.1 Å². The molecule has 4 aliphatic carbocycles. The summed E-state index contributed by atoms with van der Waals surface area (Å²) in [7, 11) is -3.24. The Morgan fingerprint density at radius 2 is 1.71 bits per heavy atom. The molecule has 4 fully saturated rings. The Kier molecular flexibility index (Phi) is 6.16. The van der Waals surface area contributed by atoms with Gasteiger partial charge in [-0.25, -0.2) is 8.42 Å². The van der Waals surface area contributed by atoms with E-state index in [9.17, 15) is 18.0 Å². The highest BCUT2D eigenvalue weighted by Crippen LogP contribution is 2.59. The fourth-order valence-electron chi connectivity index (χ4n) is 6.53. The van der Waals surface area contributed by atoms with E-state index in [1.165, 1.54) is 38.5 Å². The first kappa shape index (κ1) is 22.3. The zero-order valence-corrected chi connectivity index (χ0v) is 19.3. The molecule has 4 bridgehead atoms. The van der Waals surface area contributed by atoms with Crippen LogP contribution in [0.15, 0.2) is 24.3 Å². The van der Waals surface area contributed by atoms with E-state index in [0.29, 0.717) is 12.1 Å². The van der Waals surface area contributed by atoms with E-state index >= 15 is 0 Å². The number of amides is 2. The van der Waals surface area contributed by atoms with E-state index in [1.807, 2.05) is 13.0 Å². The van der Waals surface area contributed by atoms with Crippen LogP contribution in [0.2, 0.25) is 0 Å². The van der Waals surface area contributed by atoms with Crippen LogP contribution in [0.1, 0.15) is 60.9 Å². The molecule has 7 heteroatoms. The zero-order chi connectivity index (χ0) is 22.2. The summed E-state index contributed by atoms with van der Waals surface area (Å²) < 4.78 is 23.4. The van der Waals surface area contributed by atoms with Crippen LogP contribution in [0.25, 0.3) is 0 Å². The van der Waals surface area contributed by atoms with Crippen LogP contribution >= 0.6 is 0 Å². The second-order valence-electron chi connectivity index (χ2n) is 10.4. The lowest BCUT2D eigenvalue weighted by Crippen LogP contribution is -2.54. The zero-order valence-electron chi connectivity index (χ0n) is 18.5. The van der Waals surface area contributed by atoms with E-state index in [1.54, 1.807) is 18.2 Å². The number of carbonyl (C=O) groups excluding carboxylic acids is 2. The Morgan fingerprint density at radius 1 is 1.10 bits per heavy atom. The summed E-state index contributed by atoms with van der Waals surface area (Å²) in [5, 5.41) is 5.87. The van der Waals surface area contributed by atoms with Crippen LogP contribution in [-0.2, 0) is 14.6 Å². The molecule has 0 unspecified atom stereocenters. The standard InChI is InChI=1S/C24H34N2O4S/c1-16-4-3-5-20(8-16)22(27)26-21(6-7-31(2,29)30)23(28)25-15-24-12-17-9-18(13-24)11-19(10-17)14-24/h3-5,8,17-19,21H,6-7,9-15H2,1-2H3,(H,25,28)(H,26,27)/t17?,18?,19?,21-,24?/m1/s1. The molecule has 2 amide bonds. The van der Waals surface area contributed by atoms with Crippen molar-refractivity contribution in [2.24, 2.45) is 23.2 Å². The molecular weight excluding hydrogens is 412 g/mol. The van der Waals surface area contributed by atoms with Crippen molar-refractivity contribution < 1.29 is 18.0 Å². The maximum atomic E-state index is 13.1. The second-order valence-corrected chi connectivity index (χ2v) is 12.7. The lowest BCUT2D eigenvalue weighted by Gasteiger charge is -2.57. The second kappa shape index (κ2) is 8.57. The molecule has 0 radical (unpaired) electrons. The molecule has 0 aliphatic heterocycles. The average Bonchev–Trinajstić information content (AvgIpc) is 2.67. The molecule has 170 valence electrons. The Bertz CT molecular complexity index is 921. The number of rotatable bonds is 8. The minimum atomic E-state index is -3.24. The van der Waals surface area contributed by atoms with Gasteiger partial charge in [-0.1, -0.05) is 17.7 Å². The molecule has 0 heterocycles. The van der Waals surface area contributed by atoms with E-state index in [0.717, 1.165) is 29.6 Å². The van der Waals surface area contributed by atoms with Gasteiger partial charge in [0, 0.05) is 18.4 Å². The maximum Gasteiger partial charge on any atom is 0.251 e. The molecule has 0 spiro atoms. The molecule has 1 aromatic carbocycles. The summed E-state index contributed by atoms with van der Waals surface area (Å²) in [4.78, 5) is 25.8. The largest absolute Gasteiger partial charge is 0.354 e. The first-order valence-electron chi connectivity index (χ1n) is 11.4. The molecule has 1 aromatic rings. The number of aryl methyl sites for hydroxylation is 1. The van der Waals surface area contributed by atoms with Crippen LogP contribution in [0.5, 0.6) is 0 Å². The number of carbonyl (C=O) groups is 2. The molecular formula is C24H34N2O4S. The van der Waals surface area contributed by atoms with Crippen molar-refractivity contribution in [1.82, 2.24) is 10.6 Å². The van der Waals surface area contributed by atoms with Crippen molar-refractivity contribution in [1.29, 1.82) is 0 Å². The van der Waals surface area contributed by atoms with E-state index in [4.69, 9.17) is 0 Å². The van der Waals surface area contributed by atoms with Crippen molar-refractivity contribution in [2.45, 2.75) is 57.9 Å². The van der Waals surface area contributed by atoms with Crippen LogP contribution in [0.3, 0.4) is 0 Å². The lowest BCUT2D eigenvalue weighted by molar-refractivity contribution is -0.125. The molecule has 31 heavy (non-hydrogen) atoms. The van der Waals surface area contributed by atoms with Gasteiger partial charge >= 0.3 is 0 Å². The molecule has 4 aliphatic rings. The summed E-state index contributed by atoms with van der Waals surface area (Å²) in [6.07, 6.45) is 8.81. The van der Waals surface area contributed by atoms with Gasteiger partial charge < -0.3 is 10.6 Å². The van der Waals surface area contributed by atoms with E-state index < -0.39 is 15.9 Å². The highest BCUT2D eigenvalue weighted by molar-refractivity contribution is 7.90. The fraction of sp³-hybridized carbons (Fsp3) is 0.667. The predicted molar refractivity (Wildman–Crippen MR) is 120 cm³/mol. The van der Waals surface area contributed by atoms with Crippen molar-refractivity contribution in [3.8, 4) is 0 Å². The van der Waals surface area contributed by atoms with Crippen LogP contribution in [-0.4, -0.2) is 44.8 Å². The Balaban J connectivity index is 1.42. The van der Waals surface area contributed by atoms with Crippen molar-refractivity contribution >= 4 is 21.7 Å². The summed E-state index contributed by atoms with van der Waals surface area (Å²) in [6, 6.07) is 6.29. The number of hydrogen-bond donors (Lipinski definition) is 2. The SMILES string of the molecule is Cc1cccc(C(=O)N[C@H](CCS(C)(=O)=O)C(=O)NCC23CC4CC(CC(C4)C2)C3)c1. The number of hydrogen-bond acceptors (Lipinski definition) is 4. The van der Waals surface area contributed by atoms with Gasteiger partial charge in [-0.3, -0.25) is 9.59 Å².